The molecule has 0 saturated heterocycles. The van der Waals surface area contributed by atoms with Crippen LogP contribution in [-0.2, 0) is 7.05 Å². The summed E-state index contributed by atoms with van der Waals surface area (Å²) in [6.07, 6.45) is 3.38. The van der Waals surface area contributed by atoms with Crippen molar-refractivity contribution in [3.05, 3.63) is 419 Å². The summed E-state index contributed by atoms with van der Waals surface area (Å²) >= 11 is 1.68. The number of hydrogen-bond donors (Lipinski definition) is 0. The van der Waals surface area contributed by atoms with Crippen molar-refractivity contribution in [1.82, 2.24) is 46.9 Å². The molecule has 0 amide bonds. The first-order valence-corrected chi connectivity index (χ1v) is 42.8. The minimum atomic E-state index is 0.792. The lowest BCUT2D eigenvalue weighted by molar-refractivity contribution is 0.602. The summed E-state index contributed by atoms with van der Waals surface area (Å²) in [5.41, 5.74) is 35.3. The molecule has 0 aliphatic carbocycles. The highest BCUT2D eigenvalue weighted by atomic mass is 32.1. The first-order valence-electron chi connectivity index (χ1n) is 41.9. The molecule has 0 aliphatic rings. The van der Waals surface area contributed by atoms with E-state index in [0.29, 0.717) is 0 Å². The normalized spacial score (nSPS) is 11.9. The highest BCUT2D eigenvalue weighted by molar-refractivity contribution is 7.16. The quantitative estimate of drug-likeness (QED) is 0.144. The topological polar surface area (TPSA) is 86.3 Å². The van der Waals surface area contributed by atoms with Gasteiger partial charge in [-0.3, -0.25) is 0 Å². The Balaban J connectivity index is 0.000000102. The van der Waals surface area contributed by atoms with E-state index in [1.807, 2.05) is 25.0 Å². The number of aromatic nitrogens is 10. The molecule has 582 valence electrons. The maximum absolute atomic E-state index is 5.49. The molecule has 9 aromatic heterocycles. The fraction of sp³-hybridized carbons (Fsp3) is 0.00893. The Morgan fingerprint density at radius 3 is 0.911 bits per heavy atom. The fourth-order valence-electron chi connectivity index (χ4n) is 19.6. The number of rotatable bonds is 9. The highest BCUT2D eigenvalue weighted by Crippen LogP contribution is 2.45. The summed E-state index contributed by atoms with van der Waals surface area (Å²) in [4.78, 5) is 13.7. The van der Waals surface area contributed by atoms with Crippen molar-refractivity contribution in [1.29, 1.82) is 0 Å². The second-order valence-corrected chi connectivity index (χ2v) is 32.9. The van der Waals surface area contributed by atoms with Crippen LogP contribution in [0.5, 0.6) is 0 Å². The van der Waals surface area contributed by atoms with Gasteiger partial charge in [-0.1, -0.05) is 206 Å². The molecule has 0 atom stereocenters. The van der Waals surface area contributed by atoms with Crippen molar-refractivity contribution in [3.63, 3.8) is 0 Å². The number of thiazole rings is 1. The van der Waals surface area contributed by atoms with Crippen LogP contribution in [0, 0.1) is 0 Å². The largest absolute Gasteiger partial charge is 0.443 e. The van der Waals surface area contributed by atoms with Crippen LogP contribution >= 0.6 is 11.3 Å². The Morgan fingerprint density at radius 2 is 0.532 bits per heavy atom. The van der Waals surface area contributed by atoms with Gasteiger partial charge in [0.1, 0.15) is 11.0 Å². The summed E-state index contributed by atoms with van der Waals surface area (Å²) < 4.78 is 22.9. The lowest BCUT2D eigenvalue weighted by atomic mass is 10.0. The van der Waals surface area contributed by atoms with Crippen LogP contribution < -0.4 is 0 Å². The molecule has 0 saturated carbocycles. The molecule has 124 heavy (non-hydrogen) atoms. The third-order valence-electron chi connectivity index (χ3n) is 25.2. The van der Waals surface area contributed by atoms with Crippen LogP contribution in [-0.4, -0.2) is 46.9 Å². The molecule has 0 radical (unpaired) electrons. The monoisotopic (exact) mass is 1600 g/mol. The van der Waals surface area contributed by atoms with Crippen molar-refractivity contribution in [3.8, 4) is 67.5 Å². The third kappa shape index (κ3) is 11.2. The summed E-state index contributed by atoms with van der Waals surface area (Å²) in [6.45, 7) is 0. The minimum Gasteiger partial charge on any atom is -0.443 e. The molecule has 9 heterocycles. The van der Waals surface area contributed by atoms with Gasteiger partial charge in [0.15, 0.2) is 12.0 Å². The number of nitrogens with zero attached hydrogens (tertiary/aromatic N) is 10. The van der Waals surface area contributed by atoms with E-state index in [0.717, 1.165) is 44.7 Å². The Kier molecular flexibility index (Phi) is 16.2. The lowest BCUT2D eigenvalue weighted by Gasteiger charge is -2.10. The summed E-state index contributed by atoms with van der Waals surface area (Å²) in [6, 6.07) is 144. The van der Waals surface area contributed by atoms with E-state index in [4.69, 9.17) is 9.40 Å². The van der Waals surface area contributed by atoms with E-state index >= 15 is 0 Å². The molecule has 0 spiro atoms. The minimum absolute atomic E-state index is 0.792. The number of oxazole rings is 1. The second kappa shape index (κ2) is 28.4. The molecular formula is C112H72N10OS. The summed E-state index contributed by atoms with van der Waals surface area (Å²) in [5.74, 6) is 0. The number of imidazole rings is 1. The van der Waals surface area contributed by atoms with E-state index in [-0.39, 0.29) is 0 Å². The summed E-state index contributed by atoms with van der Waals surface area (Å²) in [7, 11) is 2.04. The number of hydrogen-bond acceptors (Lipinski definition) is 5. The van der Waals surface area contributed by atoms with Crippen LogP contribution in [0.2, 0.25) is 0 Å². The maximum Gasteiger partial charge on any atom is 0.181 e. The Hall–Kier alpha value is -16.4. The molecule has 0 unspecified atom stereocenters. The molecule has 0 fully saturated rings. The van der Waals surface area contributed by atoms with Crippen LogP contribution in [0.25, 0.3) is 231 Å². The maximum atomic E-state index is 5.49. The Morgan fingerprint density at radius 1 is 0.226 bits per heavy atom. The Bertz CT molecular complexity index is 8980. The van der Waals surface area contributed by atoms with E-state index in [9.17, 15) is 0 Å². The molecular weight excluding hydrogens is 1530 g/mol. The van der Waals surface area contributed by atoms with Gasteiger partial charge in [-0.25, -0.2) is 15.0 Å². The highest BCUT2D eigenvalue weighted by Gasteiger charge is 2.23. The lowest BCUT2D eigenvalue weighted by Crippen LogP contribution is -1.95. The molecule has 0 bridgehead atoms. The zero-order valence-corrected chi connectivity index (χ0v) is 67.9. The van der Waals surface area contributed by atoms with Gasteiger partial charge < -0.3 is 36.4 Å². The van der Waals surface area contributed by atoms with Crippen molar-refractivity contribution in [2.45, 2.75) is 0 Å². The molecule has 18 aromatic carbocycles. The Labute approximate surface area is 714 Å². The summed E-state index contributed by atoms with van der Waals surface area (Å²) in [5, 5.41) is 15.0. The molecule has 12 heteroatoms. The van der Waals surface area contributed by atoms with Crippen molar-refractivity contribution in [2.75, 3.05) is 0 Å². The predicted molar refractivity (Wildman–Crippen MR) is 517 cm³/mol. The molecule has 0 N–H and O–H groups in total. The fourth-order valence-corrected chi connectivity index (χ4v) is 20.3. The average molecular weight is 1610 g/mol. The van der Waals surface area contributed by atoms with Crippen LogP contribution in [0.1, 0.15) is 0 Å². The van der Waals surface area contributed by atoms with Gasteiger partial charge in [-0.05, 0) is 228 Å². The van der Waals surface area contributed by atoms with E-state index < -0.39 is 0 Å². The van der Waals surface area contributed by atoms with Gasteiger partial charge in [0.2, 0.25) is 0 Å². The zero-order valence-electron chi connectivity index (χ0n) is 67.1. The molecule has 11 nitrogen and oxygen atoms in total. The van der Waals surface area contributed by atoms with Gasteiger partial charge in [0.05, 0.1) is 99.5 Å². The molecule has 27 rings (SSSR count). The van der Waals surface area contributed by atoms with Gasteiger partial charge in [0.25, 0.3) is 0 Å². The van der Waals surface area contributed by atoms with Crippen molar-refractivity contribution in [2.24, 2.45) is 7.05 Å². The third-order valence-corrected chi connectivity index (χ3v) is 26.0. The average Bonchev–Trinajstić information content (AvgIpc) is 1.58. The first kappa shape index (κ1) is 70.6. The van der Waals surface area contributed by atoms with Crippen LogP contribution in [0.15, 0.2) is 423 Å². The van der Waals surface area contributed by atoms with Gasteiger partial charge >= 0.3 is 0 Å². The number of para-hydroxylation sites is 10. The standard InChI is InChI=1S/C38H26N4.C37H23N3O.C37H23N3S/c1-40-24-39-33-23-28(17-20-38(33)40)42-35-14-8-6-12-30(35)32-22-26(16-19-37(32)42)25-15-18-36-31(21-25)29-11-5-7-13-34(29)41(36)27-9-3-2-4-10-27;1-2-8-26(9-3-1)39-33-12-6-4-10-28(33)30-20-24(14-17-35(30)39)25-15-18-36-31(21-25)29-11-5-7-13-34(29)40(36)27-16-19-37-32(22-27)38-23-41-37;1-2-9-26(10-3-1)39-31-13-6-4-11-27(31)29-21-24(17-19-33(29)39)25-18-20-34-30(22-25)28-12-5-7-14-32(28)40(34)35-15-8-16-36-37(35)38-23-41-36/h2-24H,1H3;2*1-23H. The second-order valence-electron chi connectivity index (χ2n) is 32.0. The number of aryl methyl sites for hydroxylation is 1. The smallest absolute Gasteiger partial charge is 0.181 e. The predicted octanol–water partition coefficient (Wildman–Crippen LogP) is 29.3. The van der Waals surface area contributed by atoms with E-state index in [1.165, 1.54) is 192 Å². The van der Waals surface area contributed by atoms with E-state index in [1.54, 1.807) is 11.3 Å². The number of fused-ring (bicyclic) bond motifs is 21. The first-order chi connectivity index (χ1) is 61.4. The van der Waals surface area contributed by atoms with Crippen LogP contribution in [0.3, 0.4) is 0 Å². The van der Waals surface area contributed by atoms with Gasteiger partial charge in [0, 0.05) is 100 Å². The molecule has 27 aromatic rings. The SMILES string of the molecule is Cn1cnc2cc(-n3c4ccccc4c4cc(-c5ccc6c(c5)c5ccccc5n6-c5ccccc5)ccc43)ccc21.c1ccc(-n2c3ccccc3c3cc(-c4ccc5c(c4)c4ccccc4n5-c4ccc5ocnc5c4)ccc32)cc1.c1ccc(-n2c3ccccc3c3cc(-c4ccc5c(c4)c4ccccc4n5-c4cccc5scnc45)ccc32)cc1. The van der Waals surface area contributed by atoms with Crippen molar-refractivity contribution >= 4 is 175 Å². The van der Waals surface area contributed by atoms with E-state index in [2.05, 4.69) is 436 Å². The molecule has 0 aliphatic heterocycles. The zero-order chi connectivity index (χ0) is 81.6. The van der Waals surface area contributed by atoms with Crippen molar-refractivity contribution < 1.29 is 4.42 Å². The van der Waals surface area contributed by atoms with Gasteiger partial charge in [-0.2, -0.15) is 0 Å². The number of benzene rings is 18. The van der Waals surface area contributed by atoms with Gasteiger partial charge in [-0.15, -0.1) is 11.3 Å². The van der Waals surface area contributed by atoms with Crippen LogP contribution in [0.4, 0.5) is 0 Å².